The summed E-state index contributed by atoms with van der Waals surface area (Å²) in [4.78, 5) is 19.9. The van der Waals surface area contributed by atoms with E-state index in [4.69, 9.17) is 10.7 Å². The molecule has 0 radical (unpaired) electrons. The Hall–Kier alpha value is -3.34. The van der Waals surface area contributed by atoms with Gasteiger partial charge in [0.15, 0.2) is 0 Å². The second kappa shape index (κ2) is 8.99. The van der Waals surface area contributed by atoms with E-state index in [2.05, 4.69) is 58.8 Å². The Morgan fingerprint density at radius 1 is 1.17 bits per heavy atom. The molecular formula is C25H28N4O. The van der Waals surface area contributed by atoms with Gasteiger partial charge in [0.2, 0.25) is 5.91 Å². The van der Waals surface area contributed by atoms with Crippen LogP contribution in [0.1, 0.15) is 38.2 Å². The number of fused-ring (bicyclic) bond motifs is 1. The molecular weight excluding hydrogens is 372 g/mol. The highest BCUT2D eigenvalue weighted by Crippen LogP contribution is 2.26. The molecule has 154 valence electrons. The number of aromatic amines is 1. The van der Waals surface area contributed by atoms with Crippen molar-refractivity contribution in [2.45, 2.75) is 44.7 Å². The lowest BCUT2D eigenvalue weighted by atomic mass is 10.0. The van der Waals surface area contributed by atoms with Crippen LogP contribution in [0.3, 0.4) is 0 Å². The van der Waals surface area contributed by atoms with Gasteiger partial charge < -0.3 is 16.0 Å². The summed E-state index contributed by atoms with van der Waals surface area (Å²) in [6.07, 6.45) is 8.71. The lowest BCUT2D eigenvalue weighted by Crippen LogP contribution is -2.32. The molecule has 3 aromatic rings. The van der Waals surface area contributed by atoms with Crippen LogP contribution in [0.2, 0.25) is 0 Å². The van der Waals surface area contributed by atoms with Crippen LogP contribution in [0.4, 0.5) is 0 Å². The summed E-state index contributed by atoms with van der Waals surface area (Å²) < 4.78 is 0. The molecule has 0 bridgehead atoms. The fraction of sp³-hybridized carbons (Fsp3) is 0.280. The van der Waals surface area contributed by atoms with Crippen molar-refractivity contribution in [2.75, 3.05) is 0 Å². The first-order valence-corrected chi connectivity index (χ1v) is 10.6. The number of nitrogens with one attached hydrogen (secondary N) is 2. The van der Waals surface area contributed by atoms with E-state index in [0.717, 1.165) is 41.6 Å². The number of aromatic nitrogens is 1. The highest BCUT2D eigenvalue weighted by Gasteiger charge is 2.25. The molecule has 1 saturated carbocycles. The van der Waals surface area contributed by atoms with E-state index in [-0.39, 0.29) is 18.0 Å². The van der Waals surface area contributed by atoms with Crippen LogP contribution in [-0.4, -0.2) is 28.7 Å². The molecule has 2 atom stereocenters. The normalized spacial score (nSPS) is 19.6. The smallest absolute Gasteiger partial charge is 0.219 e. The molecule has 2 aromatic carbocycles. The van der Waals surface area contributed by atoms with Gasteiger partial charge in [-0.25, -0.2) is 0 Å². The van der Waals surface area contributed by atoms with Crippen LogP contribution >= 0.6 is 0 Å². The number of aliphatic imine (C=N–C) groups is 1. The first kappa shape index (κ1) is 20.0. The Labute approximate surface area is 177 Å². The zero-order valence-electron chi connectivity index (χ0n) is 17.3. The maximum atomic E-state index is 11.6. The van der Waals surface area contributed by atoms with Gasteiger partial charge in [0, 0.05) is 24.2 Å². The van der Waals surface area contributed by atoms with E-state index >= 15 is 0 Å². The maximum Gasteiger partial charge on any atom is 0.219 e. The Bertz CT molecular complexity index is 1080. The van der Waals surface area contributed by atoms with Crippen molar-refractivity contribution in [3.63, 3.8) is 0 Å². The van der Waals surface area contributed by atoms with Gasteiger partial charge in [0.1, 0.15) is 0 Å². The summed E-state index contributed by atoms with van der Waals surface area (Å²) in [5.74, 6) is 0.111. The number of carbonyl (C=O) groups is 1. The molecule has 4 rings (SSSR count). The fourth-order valence-corrected chi connectivity index (χ4v) is 4.10. The molecule has 0 saturated heterocycles. The summed E-state index contributed by atoms with van der Waals surface area (Å²) in [5.41, 5.74) is 11.1. The van der Waals surface area contributed by atoms with E-state index < -0.39 is 0 Å². The van der Waals surface area contributed by atoms with E-state index in [1.807, 2.05) is 19.2 Å². The Morgan fingerprint density at radius 2 is 1.97 bits per heavy atom. The number of carbonyl (C=O) groups excluding carboxylic acids is 1. The molecule has 5 heteroatoms. The predicted octanol–water partition coefficient (Wildman–Crippen LogP) is 4.54. The van der Waals surface area contributed by atoms with Gasteiger partial charge in [-0.05, 0) is 65.7 Å². The van der Waals surface area contributed by atoms with Crippen molar-refractivity contribution in [2.24, 2.45) is 10.7 Å². The molecule has 30 heavy (non-hydrogen) atoms. The molecule has 1 aliphatic carbocycles. The summed E-state index contributed by atoms with van der Waals surface area (Å²) >= 11 is 0. The van der Waals surface area contributed by atoms with Gasteiger partial charge in [0.25, 0.3) is 0 Å². The van der Waals surface area contributed by atoms with E-state index in [0.29, 0.717) is 6.42 Å². The Kier molecular flexibility index (Phi) is 5.98. The molecule has 0 aliphatic heterocycles. The van der Waals surface area contributed by atoms with E-state index in [1.165, 1.54) is 17.1 Å². The van der Waals surface area contributed by atoms with Crippen LogP contribution in [0.15, 0.2) is 72.0 Å². The van der Waals surface area contributed by atoms with Crippen molar-refractivity contribution in [3.8, 4) is 11.1 Å². The van der Waals surface area contributed by atoms with Gasteiger partial charge in [-0.3, -0.25) is 9.79 Å². The van der Waals surface area contributed by atoms with Gasteiger partial charge in [-0.2, -0.15) is 0 Å². The van der Waals surface area contributed by atoms with Crippen LogP contribution in [0.25, 0.3) is 22.0 Å². The molecule has 0 spiro atoms. The van der Waals surface area contributed by atoms with Crippen LogP contribution in [0.5, 0.6) is 0 Å². The molecule has 2 unspecified atom stereocenters. The average molecular weight is 401 g/mol. The molecule has 1 fully saturated rings. The number of hydrogen-bond donors (Lipinski definition) is 3. The standard InChI is InChI=1S/C25H28N4O/c1-2-25(30)29-22-10-9-21(16-22)28-23(11-13-26)18-5-3-17(4-6-18)20-8-7-19-12-14-27-24(19)15-20/h3-8,11-15,21-22,27H,2,9-10,16,26H2,1H3,(H,29,30)/b13-11-,28-23?. The maximum absolute atomic E-state index is 11.6. The number of hydrogen-bond acceptors (Lipinski definition) is 3. The highest BCUT2D eigenvalue weighted by molar-refractivity contribution is 6.09. The third kappa shape index (κ3) is 4.46. The molecule has 5 nitrogen and oxygen atoms in total. The fourth-order valence-electron chi connectivity index (χ4n) is 4.10. The number of allylic oxidation sites excluding steroid dienone is 1. The predicted molar refractivity (Wildman–Crippen MR) is 123 cm³/mol. The minimum absolute atomic E-state index is 0.111. The Morgan fingerprint density at radius 3 is 2.73 bits per heavy atom. The second-order valence-corrected chi connectivity index (χ2v) is 7.82. The Balaban J connectivity index is 1.51. The van der Waals surface area contributed by atoms with E-state index in [9.17, 15) is 4.79 Å². The van der Waals surface area contributed by atoms with Crippen molar-refractivity contribution in [3.05, 3.63) is 72.6 Å². The number of nitrogens with two attached hydrogens (primary N) is 1. The highest BCUT2D eigenvalue weighted by atomic mass is 16.1. The minimum Gasteiger partial charge on any atom is -0.405 e. The summed E-state index contributed by atoms with van der Waals surface area (Å²) in [7, 11) is 0. The van der Waals surface area contributed by atoms with E-state index in [1.54, 1.807) is 0 Å². The van der Waals surface area contributed by atoms with Gasteiger partial charge >= 0.3 is 0 Å². The number of nitrogens with zero attached hydrogens (tertiary/aromatic N) is 1. The average Bonchev–Trinajstić information content (AvgIpc) is 3.42. The van der Waals surface area contributed by atoms with Crippen molar-refractivity contribution >= 4 is 22.5 Å². The molecule has 1 amide bonds. The topological polar surface area (TPSA) is 83.3 Å². The third-order valence-electron chi connectivity index (χ3n) is 5.74. The minimum atomic E-state index is 0.111. The molecule has 1 aliphatic rings. The SMILES string of the molecule is CCC(=O)NC1CCC(N=C(/C=C\N)c2ccc(-c3ccc4cc[nH]c4c3)cc2)C1. The van der Waals surface area contributed by atoms with Gasteiger partial charge in [-0.15, -0.1) is 0 Å². The number of benzene rings is 2. The molecule has 4 N–H and O–H groups in total. The van der Waals surface area contributed by atoms with Crippen LogP contribution < -0.4 is 11.1 Å². The quantitative estimate of drug-likeness (QED) is 0.531. The summed E-state index contributed by atoms with van der Waals surface area (Å²) in [6, 6.07) is 17.4. The second-order valence-electron chi connectivity index (χ2n) is 7.82. The molecule has 1 aromatic heterocycles. The van der Waals surface area contributed by atoms with Gasteiger partial charge in [-0.1, -0.05) is 43.3 Å². The largest absolute Gasteiger partial charge is 0.405 e. The van der Waals surface area contributed by atoms with Crippen molar-refractivity contribution in [1.82, 2.24) is 10.3 Å². The lowest BCUT2D eigenvalue weighted by Gasteiger charge is -2.12. The summed E-state index contributed by atoms with van der Waals surface area (Å²) in [6.45, 7) is 1.88. The number of H-pyrrole nitrogens is 1. The zero-order valence-corrected chi connectivity index (χ0v) is 17.3. The zero-order chi connectivity index (χ0) is 20.9. The van der Waals surface area contributed by atoms with Crippen LogP contribution in [-0.2, 0) is 4.79 Å². The van der Waals surface area contributed by atoms with Crippen molar-refractivity contribution in [1.29, 1.82) is 0 Å². The third-order valence-corrected chi connectivity index (χ3v) is 5.74. The first-order chi connectivity index (χ1) is 14.7. The first-order valence-electron chi connectivity index (χ1n) is 10.6. The molecule has 1 heterocycles. The van der Waals surface area contributed by atoms with Crippen molar-refractivity contribution < 1.29 is 4.79 Å². The monoisotopic (exact) mass is 400 g/mol. The summed E-state index contributed by atoms with van der Waals surface area (Å²) in [5, 5.41) is 4.30. The van der Waals surface area contributed by atoms with Gasteiger partial charge in [0.05, 0.1) is 11.8 Å². The number of amides is 1. The number of rotatable bonds is 6. The van der Waals surface area contributed by atoms with Crippen LogP contribution in [0, 0.1) is 0 Å². The lowest BCUT2D eigenvalue weighted by molar-refractivity contribution is -0.121.